The third-order valence-corrected chi connectivity index (χ3v) is 5.24. The highest BCUT2D eigenvalue weighted by Gasteiger charge is 2.26. The number of nitrogens with zero attached hydrogens (tertiary/aromatic N) is 2. The number of carboxylic acids is 1. The molecule has 8 nitrogen and oxygen atoms in total. The van der Waals surface area contributed by atoms with Gasteiger partial charge in [0.25, 0.3) is 0 Å². The fourth-order valence-electron chi connectivity index (χ4n) is 1.97. The predicted molar refractivity (Wildman–Crippen MR) is 78.3 cm³/mol. The number of sulfonamides is 1. The van der Waals surface area contributed by atoms with E-state index in [1.807, 2.05) is 0 Å². The third kappa shape index (κ3) is 3.71. The van der Waals surface area contributed by atoms with Gasteiger partial charge in [0, 0.05) is 26.2 Å². The second-order valence-corrected chi connectivity index (χ2v) is 7.45. The molecule has 0 aromatic carbocycles. The van der Waals surface area contributed by atoms with Crippen molar-refractivity contribution in [3.63, 3.8) is 0 Å². The summed E-state index contributed by atoms with van der Waals surface area (Å²) in [6.07, 6.45) is 1.13. The molecule has 1 fully saturated rings. The zero-order valence-corrected chi connectivity index (χ0v) is 12.9. The van der Waals surface area contributed by atoms with Crippen LogP contribution in [0.2, 0.25) is 0 Å². The van der Waals surface area contributed by atoms with E-state index >= 15 is 0 Å². The Morgan fingerprint density at radius 1 is 1.29 bits per heavy atom. The van der Waals surface area contributed by atoms with Crippen molar-refractivity contribution < 1.29 is 23.1 Å². The first-order valence-electron chi connectivity index (χ1n) is 6.11. The maximum atomic E-state index is 12.1. The summed E-state index contributed by atoms with van der Waals surface area (Å²) >= 11 is 1.13. The number of amides is 2. The van der Waals surface area contributed by atoms with Crippen molar-refractivity contribution in [3.8, 4) is 0 Å². The van der Waals surface area contributed by atoms with Crippen molar-refractivity contribution in [2.24, 2.45) is 0 Å². The van der Waals surface area contributed by atoms with Crippen molar-refractivity contribution in [3.05, 3.63) is 17.0 Å². The standard InChI is InChI=1S/C11H15N3O5S2/c1-21(18,19)14-5-3-13(4-6-14)11(17)12-9-8(10(15)16)2-7-20-9/h2,7H,3-6H2,1H3,(H,12,17)(H,15,16). The summed E-state index contributed by atoms with van der Waals surface area (Å²) in [6.45, 7) is 1.02. The lowest BCUT2D eigenvalue weighted by Crippen LogP contribution is -2.51. The fourth-order valence-corrected chi connectivity index (χ4v) is 3.57. The zero-order chi connectivity index (χ0) is 15.6. The number of carboxylic acid groups (broad SMARTS) is 1. The number of hydrogen-bond acceptors (Lipinski definition) is 5. The van der Waals surface area contributed by atoms with Crippen molar-refractivity contribution in [1.82, 2.24) is 9.21 Å². The van der Waals surface area contributed by atoms with Gasteiger partial charge in [0.15, 0.2) is 0 Å². The molecule has 2 N–H and O–H groups in total. The normalized spacial score (nSPS) is 16.7. The minimum absolute atomic E-state index is 0.0446. The van der Waals surface area contributed by atoms with E-state index in [0.717, 1.165) is 17.6 Å². The van der Waals surface area contributed by atoms with Gasteiger partial charge in [0.05, 0.1) is 11.8 Å². The maximum absolute atomic E-state index is 12.1. The largest absolute Gasteiger partial charge is 0.478 e. The van der Waals surface area contributed by atoms with E-state index in [4.69, 9.17) is 5.11 Å². The summed E-state index contributed by atoms with van der Waals surface area (Å²) in [7, 11) is -3.24. The molecule has 0 saturated carbocycles. The molecule has 1 aromatic rings. The molecule has 0 unspecified atom stereocenters. The Morgan fingerprint density at radius 2 is 1.90 bits per heavy atom. The number of urea groups is 1. The lowest BCUT2D eigenvalue weighted by molar-refractivity contribution is 0.0698. The second kappa shape index (κ2) is 6.00. The van der Waals surface area contributed by atoms with Gasteiger partial charge in [0.1, 0.15) is 5.00 Å². The molecule has 116 valence electrons. The molecule has 0 radical (unpaired) electrons. The molecule has 2 heterocycles. The molecule has 10 heteroatoms. The molecule has 0 aliphatic carbocycles. The molecular formula is C11H15N3O5S2. The molecule has 2 rings (SSSR count). The van der Waals surface area contributed by atoms with Crippen LogP contribution in [-0.2, 0) is 10.0 Å². The molecule has 1 aliphatic rings. The minimum Gasteiger partial charge on any atom is -0.478 e. The van der Waals surface area contributed by atoms with Crippen LogP contribution in [0.4, 0.5) is 9.80 Å². The summed E-state index contributed by atoms with van der Waals surface area (Å²) in [5, 5.41) is 13.4. The average molecular weight is 333 g/mol. The first-order valence-corrected chi connectivity index (χ1v) is 8.83. The number of rotatable bonds is 3. The number of thiophene rings is 1. The topological polar surface area (TPSA) is 107 Å². The first kappa shape index (κ1) is 15.7. The number of carbonyl (C=O) groups excluding carboxylic acids is 1. The van der Waals surface area contributed by atoms with E-state index in [1.54, 1.807) is 5.38 Å². The Hall–Kier alpha value is -1.65. The second-order valence-electron chi connectivity index (χ2n) is 4.55. The van der Waals surface area contributed by atoms with Gasteiger partial charge in [-0.3, -0.25) is 5.32 Å². The molecule has 1 saturated heterocycles. The Bertz CT molecular complexity index is 647. The predicted octanol–water partition coefficient (Wildman–Crippen LogP) is 0.555. The Balaban J connectivity index is 1.97. The van der Waals surface area contributed by atoms with Gasteiger partial charge in [-0.2, -0.15) is 4.31 Å². The number of nitrogens with one attached hydrogen (secondary N) is 1. The van der Waals surface area contributed by atoms with E-state index in [-0.39, 0.29) is 36.7 Å². The van der Waals surface area contributed by atoms with Crippen molar-refractivity contribution >= 4 is 38.4 Å². The number of carbonyl (C=O) groups is 2. The van der Waals surface area contributed by atoms with E-state index < -0.39 is 22.0 Å². The number of aromatic carboxylic acids is 1. The molecule has 1 aliphatic heterocycles. The van der Waals surface area contributed by atoms with E-state index in [0.29, 0.717) is 0 Å². The van der Waals surface area contributed by atoms with Gasteiger partial charge in [-0.25, -0.2) is 18.0 Å². The minimum atomic E-state index is -3.24. The van der Waals surface area contributed by atoms with Gasteiger partial charge in [-0.15, -0.1) is 11.3 Å². The van der Waals surface area contributed by atoms with E-state index in [2.05, 4.69) is 5.32 Å². The third-order valence-electron chi connectivity index (χ3n) is 3.11. The number of hydrogen-bond donors (Lipinski definition) is 2. The number of piperazine rings is 1. The van der Waals surface area contributed by atoms with Gasteiger partial charge >= 0.3 is 12.0 Å². The first-order chi connectivity index (χ1) is 9.79. The lowest BCUT2D eigenvalue weighted by atomic mass is 10.3. The summed E-state index contributed by atoms with van der Waals surface area (Å²) in [6, 6.07) is 0.998. The van der Waals surface area contributed by atoms with Crippen molar-refractivity contribution in [2.75, 3.05) is 37.8 Å². The highest BCUT2D eigenvalue weighted by atomic mass is 32.2. The smallest absolute Gasteiger partial charge is 0.338 e. The van der Waals surface area contributed by atoms with Crippen LogP contribution in [0, 0.1) is 0 Å². The average Bonchev–Trinajstić information content (AvgIpc) is 2.86. The van der Waals surface area contributed by atoms with Crippen LogP contribution in [0.25, 0.3) is 0 Å². The molecule has 0 bridgehead atoms. The summed E-state index contributed by atoms with van der Waals surface area (Å²) in [5.41, 5.74) is 0.0446. The Kier molecular flexibility index (Phi) is 4.49. The van der Waals surface area contributed by atoms with Crippen LogP contribution in [0.15, 0.2) is 11.4 Å². The molecule has 0 spiro atoms. The SMILES string of the molecule is CS(=O)(=O)N1CCN(C(=O)Nc2sccc2C(=O)O)CC1. The molecule has 1 aromatic heterocycles. The summed E-state index contributed by atoms with van der Waals surface area (Å²) in [4.78, 5) is 24.5. The quantitative estimate of drug-likeness (QED) is 0.840. The molecule has 2 amide bonds. The summed E-state index contributed by atoms with van der Waals surface area (Å²) < 4.78 is 24.1. The van der Waals surface area contributed by atoms with Crippen LogP contribution in [0.3, 0.4) is 0 Å². The van der Waals surface area contributed by atoms with Crippen LogP contribution in [0.1, 0.15) is 10.4 Å². The highest BCUT2D eigenvalue weighted by Crippen LogP contribution is 2.23. The summed E-state index contributed by atoms with van der Waals surface area (Å²) in [5.74, 6) is -1.10. The molecular weight excluding hydrogens is 318 g/mol. The molecule has 0 atom stereocenters. The van der Waals surface area contributed by atoms with Gasteiger partial charge in [-0.1, -0.05) is 0 Å². The molecule has 21 heavy (non-hydrogen) atoms. The van der Waals surface area contributed by atoms with Crippen molar-refractivity contribution in [1.29, 1.82) is 0 Å². The van der Waals surface area contributed by atoms with Gasteiger partial charge < -0.3 is 10.0 Å². The Morgan fingerprint density at radius 3 is 2.43 bits per heavy atom. The number of anilines is 1. The van der Waals surface area contributed by atoms with Gasteiger partial charge in [-0.05, 0) is 11.4 Å². The van der Waals surface area contributed by atoms with Crippen LogP contribution in [-0.4, -0.2) is 67.2 Å². The van der Waals surface area contributed by atoms with Crippen LogP contribution >= 0.6 is 11.3 Å². The maximum Gasteiger partial charge on any atom is 0.338 e. The van der Waals surface area contributed by atoms with Gasteiger partial charge in [0.2, 0.25) is 10.0 Å². The van der Waals surface area contributed by atoms with Crippen LogP contribution in [0.5, 0.6) is 0 Å². The monoisotopic (exact) mass is 333 g/mol. The van der Waals surface area contributed by atoms with Crippen molar-refractivity contribution in [2.45, 2.75) is 0 Å². The van der Waals surface area contributed by atoms with Crippen LogP contribution < -0.4 is 5.32 Å². The van der Waals surface area contributed by atoms with E-state index in [1.165, 1.54) is 15.3 Å². The zero-order valence-electron chi connectivity index (χ0n) is 11.3. The highest BCUT2D eigenvalue weighted by molar-refractivity contribution is 7.88. The van der Waals surface area contributed by atoms with E-state index in [9.17, 15) is 18.0 Å². The fraction of sp³-hybridized carbons (Fsp3) is 0.455. The Labute approximate surface area is 126 Å². The lowest BCUT2D eigenvalue weighted by Gasteiger charge is -2.33.